The maximum Gasteiger partial charge on any atom is 0.255 e. The zero-order valence-electron chi connectivity index (χ0n) is 13.1. The number of methoxy groups -OCH3 is 3. The molecule has 0 aromatic heterocycles. The first kappa shape index (κ1) is 17.6. The summed E-state index contributed by atoms with van der Waals surface area (Å²) in [4.78, 5) is 12.5. The van der Waals surface area contributed by atoms with Gasteiger partial charge < -0.3 is 19.5 Å². The number of amides is 1. The SMILES string of the molecule is COc1ccc(C(=O)NC(C)(C)CCBr)c(OC)c1OC. The Kier molecular flexibility index (Phi) is 6.33. The van der Waals surface area contributed by atoms with E-state index in [1.807, 2.05) is 13.8 Å². The van der Waals surface area contributed by atoms with Gasteiger partial charge in [0.25, 0.3) is 5.91 Å². The molecule has 1 aromatic rings. The van der Waals surface area contributed by atoms with Gasteiger partial charge in [0.2, 0.25) is 5.75 Å². The van der Waals surface area contributed by atoms with Gasteiger partial charge in [-0.1, -0.05) is 15.9 Å². The molecule has 0 atom stereocenters. The fourth-order valence-corrected chi connectivity index (χ4v) is 2.94. The minimum atomic E-state index is -0.321. The van der Waals surface area contributed by atoms with Gasteiger partial charge in [-0.05, 0) is 32.4 Å². The van der Waals surface area contributed by atoms with Crippen LogP contribution in [-0.4, -0.2) is 38.1 Å². The minimum absolute atomic E-state index is 0.209. The molecule has 1 rings (SSSR count). The summed E-state index contributed by atoms with van der Waals surface area (Å²) < 4.78 is 15.8. The van der Waals surface area contributed by atoms with Gasteiger partial charge in [-0.15, -0.1) is 0 Å². The fourth-order valence-electron chi connectivity index (χ4n) is 1.95. The number of carbonyl (C=O) groups is 1. The normalized spacial score (nSPS) is 11.0. The Morgan fingerprint density at radius 3 is 2.24 bits per heavy atom. The zero-order valence-corrected chi connectivity index (χ0v) is 14.7. The van der Waals surface area contributed by atoms with E-state index < -0.39 is 0 Å². The van der Waals surface area contributed by atoms with Crippen molar-refractivity contribution in [3.8, 4) is 17.2 Å². The van der Waals surface area contributed by atoms with Crippen molar-refractivity contribution in [2.24, 2.45) is 0 Å². The number of rotatable bonds is 7. The fraction of sp³-hybridized carbons (Fsp3) is 0.533. The first-order valence-electron chi connectivity index (χ1n) is 6.57. The number of nitrogens with one attached hydrogen (secondary N) is 1. The Morgan fingerprint density at radius 1 is 1.14 bits per heavy atom. The first-order valence-corrected chi connectivity index (χ1v) is 7.69. The van der Waals surface area contributed by atoms with Crippen molar-refractivity contribution in [3.05, 3.63) is 17.7 Å². The Bertz CT molecular complexity index is 503. The van der Waals surface area contributed by atoms with Crippen LogP contribution in [0.1, 0.15) is 30.6 Å². The third-order valence-corrected chi connectivity index (χ3v) is 3.52. The van der Waals surface area contributed by atoms with Crippen molar-refractivity contribution in [3.63, 3.8) is 0 Å². The Balaban J connectivity index is 3.15. The number of hydrogen-bond acceptors (Lipinski definition) is 4. The maximum absolute atomic E-state index is 12.5. The molecule has 1 N–H and O–H groups in total. The van der Waals surface area contributed by atoms with Gasteiger partial charge in [0, 0.05) is 10.9 Å². The van der Waals surface area contributed by atoms with Crippen molar-refractivity contribution < 1.29 is 19.0 Å². The van der Waals surface area contributed by atoms with Crippen molar-refractivity contribution in [2.75, 3.05) is 26.7 Å². The van der Waals surface area contributed by atoms with Crippen molar-refractivity contribution in [1.82, 2.24) is 5.32 Å². The van der Waals surface area contributed by atoms with Crippen LogP contribution in [-0.2, 0) is 0 Å². The van der Waals surface area contributed by atoms with E-state index in [1.165, 1.54) is 21.3 Å². The molecule has 21 heavy (non-hydrogen) atoms. The van der Waals surface area contributed by atoms with E-state index in [2.05, 4.69) is 21.2 Å². The van der Waals surface area contributed by atoms with Crippen molar-refractivity contribution in [1.29, 1.82) is 0 Å². The third-order valence-electron chi connectivity index (χ3n) is 3.12. The highest BCUT2D eigenvalue weighted by Gasteiger charge is 2.25. The van der Waals surface area contributed by atoms with Gasteiger partial charge in [-0.25, -0.2) is 0 Å². The summed E-state index contributed by atoms with van der Waals surface area (Å²) in [5, 5.41) is 3.80. The molecule has 0 saturated heterocycles. The zero-order chi connectivity index (χ0) is 16.0. The molecular formula is C15H22BrNO4. The van der Waals surface area contributed by atoms with Gasteiger partial charge in [-0.3, -0.25) is 4.79 Å². The van der Waals surface area contributed by atoms with Gasteiger partial charge in [0.05, 0.1) is 26.9 Å². The Hall–Kier alpha value is -1.43. The van der Waals surface area contributed by atoms with Crippen LogP contribution < -0.4 is 19.5 Å². The molecule has 0 aliphatic heterocycles. The molecule has 0 aliphatic rings. The topological polar surface area (TPSA) is 56.8 Å². The van der Waals surface area contributed by atoms with E-state index >= 15 is 0 Å². The molecule has 0 spiro atoms. The second-order valence-corrected chi connectivity index (χ2v) is 5.95. The molecule has 0 radical (unpaired) electrons. The van der Waals surface area contributed by atoms with Crippen LogP contribution in [0.4, 0.5) is 0 Å². The van der Waals surface area contributed by atoms with Crippen LogP contribution in [0, 0.1) is 0 Å². The highest BCUT2D eigenvalue weighted by molar-refractivity contribution is 9.09. The first-order chi connectivity index (χ1) is 9.90. The van der Waals surface area contributed by atoms with E-state index in [4.69, 9.17) is 14.2 Å². The predicted octanol–water partition coefficient (Wildman–Crippen LogP) is 3.01. The van der Waals surface area contributed by atoms with Crippen LogP contribution in [0.25, 0.3) is 0 Å². The summed E-state index contributed by atoms with van der Waals surface area (Å²) in [6, 6.07) is 3.35. The molecule has 1 amide bonds. The summed E-state index contributed by atoms with van der Waals surface area (Å²) in [7, 11) is 4.55. The molecule has 0 aliphatic carbocycles. The monoisotopic (exact) mass is 359 g/mol. The van der Waals surface area contributed by atoms with Crippen LogP contribution in [0.3, 0.4) is 0 Å². The summed E-state index contributed by atoms with van der Waals surface area (Å²) in [6.45, 7) is 3.94. The molecule has 0 unspecified atom stereocenters. The highest BCUT2D eigenvalue weighted by Crippen LogP contribution is 2.39. The molecule has 5 nitrogen and oxygen atoms in total. The number of carbonyl (C=O) groups excluding carboxylic acids is 1. The number of hydrogen-bond donors (Lipinski definition) is 1. The van der Waals surface area contributed by atoms with Crippen LogP contribution in [0.5, 0.6) is 17.2 Å². The molecule has 0 fully saturated rings. The summed E-state index contributed by atoms with van der Waals surface area (Å²) in [5.41, 5.74) is 0.0940. The largest absolute Gasteiger partial charge is 0.493 e. The van der Waals surface area contributed by atoms with Crippen LogP contribution >= 0.6 is 15.9 Å². The van der Waals surface area contributed by atoms with Crippen molar-refractivity contribution in [2.45, 2.75) is 25.8 Å². The third kappa shape index (κ3) is 4.27. The lowest BCUT2D eigenvalue weighted by atomic mass is 10.0. The lowest BCUT2D eigenvalue weighted by molar-refractivity contribution is 0.0908. The second-order valence-electron chi connectivity index (χ2n) is 5.16. The van der Waals surface area contributed by atoms with Crippen LogP contribution in [0.15, 0.2) is 12.1 Å². The lowest BCUT2D eigenvalue weighted by Gasteiger charge is -2.26. The molecule has 0 saturated carbocycles. The Labute approximate surface area is 134 Å². The van der Waals surface area contributed by atoms with E-state index in [-0.39, 0.29) is 11.4 Å². The van der Waals surface area contributed by atoms with Crippen LogP contribution in [0.2, 0.25) is 0 Å². The summed E-state index contributed by atoms with van der Waals surface area (Å²) in [6.07, 6.45) is 0.814. The lowest BCUT2D eigenvalue weighted by Crippen LogP contribution is -2.43. The number of alkyl halides is 1. The van der Waals surface area contributed by atoms with Gasteiger partial charge in [0.1, 0.15) is 0 Å². The minimum Gasteiger partial charge on any atom is -0.493 e. The highest BCUT2D eigenvalue weighted by atomic mass is 79.9. The summed E-state index contributed by atoms with van der Waals surface area (Å²) >= 11 is 3.39. The quantitative estimate of drug-likeness (QED) is 0.760. The van der Waals surface area contributed by atoms with E-state index in [1.54, 1.807) is 12.1 Å². The van der Waals surface area contributed by atoms with Gasteiger partial charge in [-0.2, -0.15) is 0 Å². The smallest absolute Gasteiger partial charge is 0.255 e. The predicted molar refractivity (Wildman–Crippen MR) is 86.1 cm³/mol. The van der Waals surface area contributed by atoms with Crippen molar-refractivity contribution >= 4 is 21.8 Å². The number of halogens is 1. The summed E-state index contributed by atoms with van der Waals surface area (Å²) in [5.74, 6) is 1.08. The van der Waals surface area contributed by atoms with E-state index in [0.717, 1.165) is 11.8 Å². The molecule has 0 bridgehead atoms. The molecule has 1 aromatic carbocycles. The Morgan fingerprint density at radius 2 is 1.76 bits per heavy atom. The van der Waals surface area contributed by atoms with E-state index in [0.29, 0.717) is 22.8 Å². The maximum atomic E-state index is 12.5. The molecule has 0 heterocycles. The van der Waals surface area contributed by atoms with E-state index in [9.17, 15) is 4.79 Å². The molecule has 118 valence electrons. The second kappa shape index (κ2) is 7.54. The molecule has 6 heteroatoms. The average Bonchev–Trinajstić information content (AvgIpc) is 2.44. The van der Waals surface area contributed by atoms with Gasteiger partial charge >= 0.3 is 0 Å². The molecular weight excluding hydrogens is 338 g/mol. The number of benzene rings is 1. The van der Waals surface area contributed by atoms with Gasteiger partial charge in [0.15, 0.2) is 11.5 Å². The number of ether oxygens (including phenoxy) is 3. The standard InChI is InChI=1S/C15H22BrNO4/c1-15(2,8-9-16)17-14(18)10-6-7-11(19-3)13(21-5)12(10)20-4/h6-7H,8-9H2,1-5H3,(H,17,18). The average molecular weight is 360 g/mol.